The molecule has 130 valence electrons. The van der Waals surface area contributed by atoms with E-state index in [1.165, 1.54) is 39.0 Å². The predicted octanol–water partition coefficient (Wildman–Crippen LogP) is 2.36. The molecule has 9 nitrogen and oxygen atoms in total. The summed E-state index contributed by atoms with van der Waals surface area (Å²) in [6, 6.07) is 3.80. The molecule has 3 N–H and O–H groups in total. The number of carbonyl (C=O) groups excluding carboxylic acids is 3. The molecule has 0 aliphatic carbocycles. The Morgan fingerprint density at radius 1 is 1.20 bits per heavy atom. The maximum atomic E-state index is 12.3. The molecular formula is C16H15N3O6. The van der Waals surface area contributed by atoms with Crippen molar-refractivity contribution in [1.82, 2.24) is 0 Å². The van der Waals surface area contributed by atoms with Gasteiger partial charge in [-0.3, -0.25) is 29.8 Å². The Morgan fingerprint density at radius 2 is 1.84 bits per heavy atom. The predicted molar refractivity (Wildman–Crippen MR) is 87.8 cm³/mol. The first-order valence-electron chi connectivity index (χ1n) is 7.14. The molecule has 0 bridgehead atoms. The van der Waals surface area contributed by atoms with Crippen molar-refractivity contribution in [2.75, 3.05) is 5.32 Å². The number of nitrogens with one attached hydrogen (secondary N) is 1. The normalized spacial score (nSPS) is 10.4. The molecule has 2 rings (SSSR count). The average molecular weight is 345 g/mol. The number of benzene rings is 1. The quantitative estimate of drug-likeness (QED) is 0.483. The largest absolute Gasteiger partial charge is 0.444 e. The summed E-state index contributed by atoms with van der Waals surface area (Å²) in [5.41, 5.74) is 5.37. The lowest BCUT2D eigenvalue weighted by atomic mass is 10.1. The third-order valence-electron chi connectivity index (χ3n) is 3.57. The molecule has 0 saturated carbocycles. The van der Waals surface area contributed by atoms with Crippen molar-refractivity contribution in [2.24, 2.45) is 5.73 Å². The molecule has 2 aromatic rings. The van der Waals surface area contributed by atoms with Crippen molar-refractivity contribution in [2.45, 2.75) is 20.8 Å². The fraction of sp³-hybridized carbons (Fsp3) is 0.188. The van der Waals surface area contributed by atoms with Crippen molar-refractivity contribution in [3.05, 3.63) is 56.3 Å². The number of aryl methyl sites for hydroxylation is 2. The second-order valence-electron chi connectivity index (χ2n) is 5.37. The zero-order valence-electron chi connectivity index (χ0n) is 13.7. The van der Waals surface area contributed by atoms with Crippen molar-refractivity contribution in [3.63, 3.8) is 0 Å². The van der Waals surface area contributed by atoms with Crippen LogP contribution in [-0.2, 0) is 0 Å². The third-order valence-corrected chi connectivity index (χ3v) is 3.57. The van der Waals surface area contributed by atoms with E-state index >= 15 is 0 Å². The van der Waals surface area contributed by atoms with Gasteiger partial charge in [0.1, 0.15) is 11.3 Å². The number of nitro benzene ring substituents is 1. The minimum atomic E-state index is -0.919. The first-order chi connectivity index (χ1) is 11.6. The number of carbonyl (C=O) groups is 3. The molecule has 25 heavy (non-hydrogen) atoms. The van der Waals surface area contributed by atoms with Crippen LogP contribution in [0.2, 0.25) is 0 Å². The van der Waals surface area contributed by atoms with E-state index in [1.807, 2.05) is 0 Å². The highest BCUT2D eigenvalue weighted by molar-refractivity contribution is 6.13. The van der Waals surface area contributed by atoms with Crippen LogP contribution in [0.3, 0.4) is 0 Å². The summed E-state index contributed by atoms with van der Waals surface area (Å²) in [7, 11) is 0. The monoisotopic (exact) mass is 345 g/mol. The SMILES string of the molecule is CC(=O)c1c(C)oc(NC(=O)c2ccc([N+](=O)[O-])c(C)c2)c1C(N)=O. The molecule has 0 atom stereocenters. The number of nitro groups is 1. The molecule has 0 unspecified atom stereocenters. The van der Waals surface area contributed by atoms with Gasteiger partial charge in [-0.2, -0.15) is 0 Å². The fourth-order valence-corrected chi connectivity index (χ4v) is 2.47. The van der Waals surface area contributed by atoms with Gasteiger partial charge in [-0.1, -0.05) is 0 Å². The summed E-state index contributed by atoms with van der Waals surface area (Å²) in [4.78, 5) is 45.9. The molecule has 1 heterocycles. The summed E-state index contributed by atoms with van der Waals surface area (Å²) < 4.78 is 5.29. The summed E-state index contributed by atoms with van der Waals surface area (Å²) in [5.74, 6) is -2.10. The Balaban J connectivity index is 2.40. The van der Waals surface area contributed by atoms with Gasteiger partial charge in [-0.25, -0.2) is 0 Å². The smallest absolute Gasteiger partial charge is 0.272 e. The van der Waals surface area contributed by atoms with E-state index in [1.54, 1.807) is 0 Å². The van der Waals surface area contributed by atoms with Crippen LogP contribution in [-0.4, -0.2) is 22.5 Å². The highest BCUT2D eigenvalue weighted by Gasteiger charge is 2.26. The second-order valence-corrected chi connectivity index (χ2v) is 5.37. The Hall–Kier alpha value is -3.49. The van der Waals surface area contributed by atoms with Crippen molar-refractivity contribution >= 4 is 29.2 Å². The first kappa shape index (κ1) is 17.9. The third kappa shape index (κ3) is 3.39. The van der Waals surface area contributed by atoms with Crippen LogP contribution in [0.15, 0.2) is 22.6 Å². The number of nitrogens with two attached hydrogens (primary N) is 1. The maximum Gasteiger partial charge on any atom is 0.272 e. The van der Waals surface area contributed by atoms with Crippen molar-refractivity contribution in [3.8, 4) is 0 Å². The molecule has 1 aromatic carbocycles. The molecule has 0 fully saturated rings. The zero-order valence-corrected chi connectivity index (χ0v) is 13.7. The van der Waals surface area contributed by atoms with Crippen LogP contribution in [0.5, 0.6) is 0 Å². The molecule has 9 heteroatoms. The minimum absolute atomic E-state index is 0.00248. The molecule has 0 radical (unpaired) electrons. The lowest BCUT2D eigenvalue weighted by molar-refractivity contribution is -0.385. The topological polar surface area (TPSA) is 146 Å². The molecule has 0 spiro atoms. The number of Topliss-reactive ketones (excluding diaryl/α,β-unsaturated/α-hetero) is 1. The number of hydrogen-bond donors (Lipinski definition) is 2. The van der Waals surface area contributed by atoms with E-state index in [0.717, 1.165) is 0 Å². The lowest BCUT2D eigenvalue weighted by Crippen LogP contribution is -2.19. The summed E-state index contributed by atoms with van der Waals surface area (Å²) >= 11 is 0. The number of primary amides is 1. The summed E-state index contributed by atoms with van der Waals surface area (Å²) in [6.07, 6.45) is 0. The van der Waals surface area contributed by atoms with E-state index in [-0.39, 0.29) is 34.0 Å². The molecule has 0 aliphatic rings. The van der Waals surface area contributed by atoms with Crippen LogP contribution in [0.1, 0.15) is 49.3 Å². The van der Waals surface area contributed by atoms with E-state index in [4.69, 9.17) is 10.2 Å². The Morgan fingerprint density at radius 3 is 2.32 bits per heavy atom. The van der Waals surface area contributed by atoms with E-state index in [2.05, 4.69) is 5.32 Å². The van der Waals surface area contributed by atoms with Gasteiger partial charge in [0, 0.05) is 17.2 Å². The van der Waals surface area contributed by atoms with Crippen LogP contribution in [0, 0.1) is 24.0 Å². The van der Waals surface area contributed by atoms with Gasteiger partial charge in [0.05, 0.1) is 10.5 Å². The van der Waals surface area contributed by atoms with E-state index < -0.39 is 22.5 Å². The maximum absolute atomic E-state index is 12.3. The second kappa shape index (κ2) is 6.56. The number of furan rings is 1. The number of amides is 2. The highest BCUT2D eigenvalue weighted by atomic mass is 16.6. The number of anilines is 1. The van der Waals surface area contributed by atoms with Gasteiger partial charge in [0.15, 0.2) is 5.78 Å². The van der Waals surface area contributed by atoms with Crippen LogP contribution in [0.25, 0.3) is 0 Å². The number of hydrogen-bond acceptors (Lipinski definition) is 6. The van der Waals surface area contributed by atoms with Crippen LogP contribution >= 0.6 is 0 Å². The molecular weight excluding hydrogens is 330 g/mol. The van der Waals surface area contributed by atoms with Gasteiger partial charge in [0.2, 0.25) is 5.88 Å². The van der Waals surface area contributed by atoms with Crippen molar-refractivity contribution < 1.29 is 23.7 Å². The molecule has 2 amide bonds. The fourth-order valence-electron chi connectivity index (χ4n) is 2.47. The highest BCUT2D eigenvalue weighted by Crippen LogP contribution is 2.28. The Labute approximate surface area is 141 Å². The first-order valence-corrected chi connectivity index (χ1v) is 7.14. The van der Waals surface area contributed by atoms with Crippen molar-refractivity contribution in [1.29, 1.82) is 0 Å². The van der Waals surface area contributed by atoms with Gasteiger partial charge in [-0.05, 0) is 32.9 Å². The number of rotatable bonds is 5. The molecule has 0 saturated heterocycles. The minimum Gasteiger partial charge on any atom is -0.444 e. The average Bonchev–Trinajstić information content (AvgIpc) is 2.83. The van der Waals surface area contributed by atoms with Gasteiger partial charge < -0.3 is 10.2 Å². The number of nitrogens with zero attached hydrogens (tertiary/aromatic N) is 1. The van der Waals surface area contributed by atoms with E-state index in [0.29, 0.717) is 5.56 Å². The Bertz CT molecular complexity index is 913. The summed E-state index contributed by atoms with van der Waals surface area (Å²) in [6.45, 7) is 4.21. The summed E-state index contributed by atoms with van der Waals surface area (Å²) in [5, 5.41) is 13.2. The number of ketones is 1. The van der Waals surface area contributed by atoms with Gasteiger partial charge in [0.25, 0.3) is 17.5 Å². The van der Waals surface area contributed by atoms with Crippen LogP contribution in [0.4, 0.5) is 11.6 Å². The lowest BCUT2D eigenvalue weighted by Gasteiger charge is -2.05. The van der Waals surface area contributed by atoms with E-state index in [9.17, 15) is 24.5 Å². The van der Waals surface area contributed by atoms with Crippen LogP contribution < -0.4 is 11.1 Å². The molecule has 0 aliphatic heterocycles. The van der Waals surface area contributed by atoms with Gasteiger partial charge in [-0.15, -0.1) is 0 Å². The van der Waals surface area contributed by atoms with Gasteiger partial charge >= 0.3 is 0 Å². The molecule has 1 aromatic heterocycles. The zero-order chi connectivity index (χ0) is 18.9. The Kier molecular flexibility index (Phi) is 4.68. The standard InChI is InChI=1S/C16H15N3O6/c1-7-6-10(4-5-11(7)19(23)24)15(22)18-16-13(14(17)21)12(8(2)20)9(3)25-16/h4-6H,1-3H3,(H2,17,21)(H,18,22).